The van der Waals surface area contributed by atoms with Gasteiger partial charge in [0.1, 0.15) is 5.82 Å². The average Bonchev–Trinajstić information content (AvgIpc) is 2.08. The molecular formula is C10H13BrF2N2. The Balaban J connectivity index is 3.27. The van der Waals surface area contributed by atoms with E-state index < -0.39 is 11.6 Å². The summed E-state index contributed by atoms with van der Waals surface area (Å²) in [7, 11) is 0. The van der Waals surface area contributed by atoms with Crippen molar-refractivity contribution < 1.29 is 8.78 Å². The number of anilines is 2. The molecule has 0 aliphatic carbocycles. The van der Waals surface area contributed by atoms with Gasteiger partial charge in [0.2, 0.25) is 0 Å². The fourth-order valence-electron chi connectivity index (χ4n) is 1.11. The van der Waals surface area contributed by atoms with Gasteiger partial charge in [0.05, 0.1) is 15.8 Å². The molecule has 0 aliphatic rings. The van der Waals surface area contributed by atoms with E-state index in [1.54, 1.807) is 0 Å². The van der Waals surface area contributed by atoms with Crippen LogP contribution in [0.4, 0.5) is 20.2 Å². The lowest BCUT2D eigenvalue weighted by Gasteiger charge is -2.24. The van der Waals surface area contributed by atoms with Gasteiger partial charge >= 0.3 is 0 Å². The third-order valence-corrected chi connectivity index (χ3v) is 2.29. The molecule has 1 rings (SSSR count). The predicted octanol–water partition coefficient (Wildman–Crippen LogP) is 3.52. The van der Waals surface area contributed by atoms with Gasteiger partial charge in [0.15, 0.2) is 5.82 Å². The molecule has 5 heteroatoms. The molecule has 1 aromatic carbocycles. The van der Waals surface area contributed by atoms with Gasteiger partial charge in [0.25, 0.3) is 0 Å². The Labute approximate surface area is 96.0 Å². The van der Waals surface area contributed by atoms with Crippen LogP contribution in [-0.2, 0) is 0 Å². The van der Waals surface area contributed by atoms with Crippen LogP contribution in [0.5, 0.6) is 0 Å². The molecule has 0 bridgehead atoms. The molecule has 0 saturated carbocycles. The minimum absolute atomic E-state index is 0.00521. The smallest absolute Gasteiger partial charge is 0.162 e. The molecule has 0 aliphatic heterocycles. The van der Waals surface area contributed by atoms with Crippen molar-refractivity contribution in [2.24, 2.45) is 0 Å². The van der Waals surface area contributed by atoms with Crippen molar-refractivity contribution in [2.75, 3.05) is 11.1 Å². The maximum Gasteiger partial charge on any atom is 0.162 e. The van der Waals surface area contributed by atoms with Crippen LogP contribution in [0.25, 0.3) is 0 Å². The Kier molecular flexibility index (Phi) is 3.23. The zero-order valence-corrected chi connectivity index (χ0v) is 10.4. The molecule has 0 unspecified atom stereocenters. The Morgan fingerprint density at radius 3 is 2.33 bits per heavy atom. The standard InChI is InChI=1S/C10H13BrF2N2/c1-10(2,3)15-9-7(13)5(11)4-6(12)8(9)14/h4,15H,14H2,1-3H3. The first-order valence-electron chi connectivity index (χ1n) is 4.43. The number of rotatable bonds is 1. The number of nitrogens with one attached hydrogen (secondary N) is 1. The summed E-state index contributed by atoms with van der Waals surface area (Å²) >= 11 is 2.93. The molecule has 15 heavy (non-hydrogen) atoms. The minimum atomic E-state index is -0.643. The largest absolute Gasteiger partial charge is 0.395 e. The van der Waals surface area contributed by atoms with Gasteiger partial charge in [-0.3, -0.25) is 0 Å². The van der Waals surface area contributed by atoms with Crippen molar-refractivity contribution in [3.63, 3.8) is 0 Å². The van der Waals surface area contributed by atoms with Crippen molar-refractivity contribution >= 4 is 27.3 Å². The Morgan fingerprint density at radius 2 is 1.87 bits per heavy atom. The molecule has 0 fully saturated rings. The lowest BCUT2D eigenvalue weighted by Crippen LogP contribution is -2.27. The lowest BCUT2D eigenvalue weighted by molar-refractivity contribution is 0.582. The zero-order chi connectivity index (χ0) is 11.8. The first-order valence-corrected chi connectivity index (χ1v) is 5.23. The summed E-state index contributed by atoms with van der Waals surface area (Å²) in [4.78, 5) is 0. The summed E-state index contributed by atoms with van der Waals surface area (Å²) in [6.45, 7) is 5.51. The number of nitrogen functional groups attached to an aromatic ring is 1. The average molecular weight is 279 g/mol. The Bertz CT molecular complexity index is 360. The summed E-state index contributed by atoms with van der Waals surface area (Å²) in [5.41, 5.74) is 4.87. The normalized spacial score (nSPS) is 11.6. The molecule has 0 radical (unpaired) electrons. The van der Waals surface area contributed by atoms with Crippen molar-refractivity contribution in [2.45, 2.75) is 26.3 Å². The first kappa shape index (κ1) is 12.2. The van der Waals surface area contributed by atoms with E-state index in [2.05, 4.69) is 21.2 Å². The van der Waals surface area contributed by atoms with E-state index >= 15 is 0 Å². The Hall–Kier alpha value is -0.840. The number of benzene rings is 1. The number of hydrogen-bond donors (Lipinski definition) is 2. The van der Waals surface area contributed by atoms with Gasteiger partial charge in [-0.05, 0) is 42.8 Å². The van der Waals surface area contributed by atoms with Crippen molar-refractivity contribution in [1.82, 2.24) is 0 Å². The molecule has 84 valence electrons. The molecule has 0 aromatic heterocycles. The van der Waals surface area contributed by atoms with Crippen LogP contribution in [0, 0.1) is 11.6 Å². The maximum absolute atomic E-state index is 13.6. The second kappa shape index (κ2) is 3.96. The number of halogens is 3. The summed E-state index contributed by atoms with van der Waals surface area (Å²) < 4.78 is 26.9. The highest BCUT2D eigenvalue weighted by atomic mass is 79.9. The van der Waals surface area contributed by atoms with Crippen LogP contribution in [-0.4, -0.2) is 5.54 Å². The zero-order valence-electron chi connectivity index (χ0n) is 8.79. The van der Waals surface area contributed by atoms with E-state index in [4.69, 9.17) is 5.73 Å². The van der Waals surface area contributed by atoms with E-state index in [1.807, 2.05) is 20.8 Å². The molecule has 2 nitrogen and oxygen atoms in total. The highest BCUT2D eigenvalue weighted by Crippen LogP contribution is 2.33. The minimum Gasteiger partial charge on any atom is -0.395 e. The van der Waals surface area contributed by atoms with Gasteiger partial charge in [-0.15, -0.1) is 0 Å². The summed E-state index contributed by atoms with van der Waals surface area (Å²) in [6, 6.07) is 1.01. The molecule has 0 saturated heterocycles. The topological polar surface area (TPSA) is 38.0 Å². The van der Waals surface area contributed by atoms with E-state index in [0.29, 0.717) is 0 Å². The summed E-state index contributed by atoms with van der Waals surface area (Å²) in [6.07, 6.45) is 0. The van der Waals surface area contributed by atoms with Crippen molar-refractivity contribution in [3.8, 4) is 0 Å². The SMILES string of the molecule is CC(C)(C)Nc1c(N)c(F)cc(Br)c1F. The van der Waals surface area contributed by atoms with Crippen molar-refractivity contribution in [1.29, 1.82) is 0 Å². The van der Waals surface area contributed by atoms with Crippen molar-refractivity contribution in [3.05, 3.63) is 22.2 Å². The van der Waals surface area contributed by atoms with Gasteiger partial charge in [-0.2, -0.15) is 0 Å². The third-order valence-electron chi connectivity index (χ3n) is 1.71. The van der Waals surface area contributed by atoms with Gasteiger partial charge in [0, 0.05) is 5.54 Å². The van der Waals surface area contributed by atoms with Gasteiger partial charge in [-0.1, -0.05) is 0 Å². The quantitative estimate of drug-likeness (QED) is 0.609. The van der Waals surface area contributed by atoms with E-state index in [1.165, 1.54) is 0 Å². The summed E-state index contributed by atoms with van der Waals surface area (Å²) in [5, 5.41) is 2.83. The van der Waals surface area contributed by atoms with Gasteiger partial charge in [-0.25, -0.2) is 8.78 Å². The van der Waals surface area contributed by atoms with E-state index in [9.17, 15) is 8.78 Å². The van der Waals surface area contributed by atoms with Crippen LogP contribution in [0.3, 0.4) is 0 Å². The third kappa shape index (κ3) is 2.81. The van der Waals surface area contributed by atoms with E-state index in [0.717, 1.165) is 6.07 Å². The fraction of sp³-hybridized carbons (Fsp3) is 0.400. The number of hydrogen-bond acceptors (Lipinski definition) is 2. The maximum atomic E-state index is 13.6. The first-order chi connectivity index (χ1) is 6.72. The second-order valence-electron chi connectivity index (χ2n) is 4.32. The predicted molar refractivity (Wildman–Crippen MR) is 61.8 cm³/mol. The molecule has 0 amide bonds. The highest BCUT2D eigenvalue weighted by Gasteiger charge is 2.19. The molecule has 0 atom stereocenters. The molecule has 3 N–H and O–H groups in total. The molecule has 0 spiro atoms. The molecular weight excluding hydrogens is 266 g/mol. The van der Waals surface area contributed by atoms with Crippen LogP contribution in [0.15, 0.2) is 10.5 Å². The fourth-order valence-corrected chi connectivity index (χ4v) is 1.51. The lowest BCUT2D eigenvalue weighted by atomic mass is 10.1. The molecule has 1 aromatic rings. The molecule has 0 heterocycles. The van der Waals surface area contributed by atoms with Gasteiger partial charge < -0.3 is 11.1 Å². The van der Waals surface area contributed by atoms with E-state index in [-0.39, 0.29) is 21.4 Å². The second-order valence-corrected chi connectivity index (χ2v) is 5.17. The van der Waals surface area contributed by atoms with Crippen LogP contribution >= 0.6 is 15.9 Å². The van der Waals surface area contributed by atoms with Crippen LogP contribution in [0.1, 0.15) is 20.8 Å². The monoisotopic (exact) mass is 278 g/mol. The number of nitrogens with two attached hydrogens (primary N) is 1. The van der Waals surface area contributed by atoms with Crippen LogP contribution in [0.2, 0.25) is 0 Å². The highest BCUT2D eigenvalue weighted by molar-refractivity contribution is 9.10. The van der Waals surface area contributed by atoms with Crippen LogP contribution < -0.4 is 11.1 Å². The summed E-state index contributed by atoms with van der Waals surface area (Å²) in [5.74, 6) is -1.22. The Morgan fingerprint density at radius 1 is 1.33 bits per heavy atom.